The number of carboxylic acid groups (broad SMARTS) is 1. The van der Waals surface area contributed by atoms with E-state index in [1.54, 1.807) is 18.2 Å². The lowest BCUT2D eigenvalue weighted by molar-refractivity contribution is -0.131. The second kappa shape index (κ2) is 7.67. The van der Waals surface area contributed by atoms with Gasteiger partial charge in [-0.05, 0) is 17.1 Å². The van der Waals surface area contributed by atoms with Crippen LogP contribution in [0, 0.1) is 0 Å². The zero-order chi connectivity index (χ0) is 12.6. The van der Waals surface area contributed by atoms with Gasteiger partial charge in [-0.15, -0.1) is 0 Å². The van der Waals surface area contributed by atoms with Gasteiger partial charge in [0.1, 0.15) is 0 Å². The Morgan fingerprint density at radius 1 is 1.31 bits per heavy atom. The first-order chi connectivity index (χ1) is 7.59. The van der Waals surface area contributed by atoms with Crippen molar-refractivity contribution in [3.8, 4) is 0 Å². The van der Waals surface area contributed by atoms with Crippen molar-refractivity contribution in [2.75, 3.05) is 0 Å². The van der Waals surface area contributed by atoms with Gasteiger partial charge >= 0.3 is 13.1 Å². The molecule has 0 aliphatic carbocycles. The summed E-state index contributed by atoms with van der Waals surface area (Å²) < 4.78 is 0. The first-order valence-corrected chi connectivity index (χ1v) is 4.96. The third kappa shape index (κ3) is 5.33. The van der Waals surface area contributed by atoms with Crippen LogP contribution in [-0.2, 0) is 4.79 Å². The van der Waals surface area contributed by atoms with E-state index >= 15 is 0 Å². The van der Waals surface area contributed by atoms with E-state index < -0.39 is 13.1 Å². The molecule has 86 valence electrons. The van der Waals surface area contributed by atoms with Gasteiger partial charge in [0.2, 0.25) is 0 Å². The van der Waals surface area contributed by atoms with E-state index in [9.17, 15) is 4.79 Å². The van der Waals surface area contributed by atoms with E-state index in [1.807, 2.05) is 13.8 Å². The molecule has 1 rings (SSSR count). The fourth-order valence-electron chi connectivity index (χ4n) is 0.991. The first-order valence-electron chi connectivity index (χ1n) is 4.96. The molecule has 0 radical (unpaired) electrons. The molecule has 0 aliphatic heterocycles. The van der Waals surface area contributed by atoms with Gasteiger partial charge in [0, 0.05) is 6.08 Å². The Morgan fingerprint density at radius 3 is 2.44 bits per heavy atom. The lowest BCUT2D eigenvalue weighted by Crippen LogP contribution is -2.29. The Kier molecular flexibility index (Phi) is 6.91. The molecule has 0 unspecified atom stereocenters. The average Bonchev–Trinajstić information content (AvgIpc) is 2.29. The summed E-state index contributed by atoms with van der Waals surface area (Å²) in [6.07, 6.45) is 2.37. The fourth-order valence-corrected chi connectivity index (χ4v) is 0.991. The Morgan fingerprint density at radius 2 is 1.94 bits per heavy atom. The molecule has 16 heavy (non-hydrogen) atoms. The van der Waals surface area contributed by atoms with E-state index in [0.29, 0.717) is 11.0 Å². The van der Waals surface area contributed by atoms with Crippen molar-refractivity contribution < 1.29 is 19.9 Å². The van der Waals surface area contributed by atoms with Crippen LogP contribution in [0.3, 0.4) is 0 Å². The Bertz CT molecular complexity index is 361. The minimum Gasteiger partial charge on any atom is -0.478 e. The molecule has 3 N–H and O–H groups in total. The van der Waals surface area contributed by atoms with Crippen LogP contribution in [0.2, 0.25) is 0 Å². The number of carboxylic acids is 1. The maximum absolute atomic E-state index is 10.2. The maximum Gasteiger partial charge on any atom is 0.488 e. The molecule has 4 nitrogen and oxygen atoms in total. The van der Waals surface area contributed by atoms with Crippen molar-refractivity contribution in [3.63, 3.8) is 0 Å². The standard InChI is InChI=1S/C9H9BO4.C2H6/c11-9(12)5-4-7-2-1-3-8(6-7)10(13)14;1-2/h1-6,13-14H,(H,11,12);1-2H3. The third-order valence-corrected chi connectivity index (χ3v) is 1.63. The molecule has 0 fully saturated rings. The van der Waals surface area contributed by atoms with Crippen LogP contribution in [0.1, 0.15) is 19.4 Å². The Labute approximate surface area is 95.0 Å². The monoisotopic (exact) mass is 222 g/mol. The van der Waals surface area contributed by atoms with E-state index in [4.69, 9.17) is 15.2 Å². The molecule has 0 aromatic heterocycles. The molecule has 1 aromatic rings. The molecule has 0 saturated heterocycles. The van der Waals surface area contributed by atoms with Gasteiger partial charge in [0.15, 0.2) is 0 Å². The average molecular weight is 222 g/mol. The van der Waals surface area contributed by atoms with Crippen molar-refractivity contribution in [2.24, 2.45) is 0 Å². The van der Waals surface area contributed by atoms with Crippen LogP contribution in [0.15, 0.2) is 30.3 Å². The Balaban J connectivity index is 0.00000106. The molecular formula is C11H15BO4. The molecule has 0 spiro atoms. The molecule has 0 saturated carbocycles. The lowest BCUT2D eigenvalue weighted by Gasteiger charge is -1.99. The van der Waals surface area contributed by atoms with Crippen molar-refractivity contribution in [3.05, 3.63) is 35.9 Å². The van der Waals surface area contributed by atoms with Gasteiger partial charge in [-0.1, -0.05) is 38.1 Å². The second-order valence-electron chi connectivity index (χ2n) is 2.72. The quantitative estimate of drug-likeness (QED) is 0.513. The molecule has 0 bridgehead atoms. The number of hydrogen-bond donors (Lipinski definition) is 3. The van der Waals surface area contributed by atoms with Crippen LogP contribution in [-0.4, -0.2) is 28.2 Å². The number of carbonyl (C=O) groups is 1. The van der Waals surface area contributed by atoms with Crippen LogP contribution in [0.25, 0.3) is 6.08 Å². The van der Waals surface area contributed by atoms with Crippen molar-refractivity contribution in [1.82, 2.24) is 0 Å². The number of rotatable bonds is 3. The van der Waals surface area contributed by atoms with Gasteiger partial charge < -0.3 is 15.2 Å². The second-order valence-corrected chi connectivity index (χ2v) is 2.72. The minimum atomic E-state index is -1.53. The fraction of sp³-hybridized carbons (Fsp3) is 0.182. The number of benzene rings is 1. The molecule has 5 heteroatoms. The highest BCUT2D eigenvalue weighted by atomic mass is 16.4. The van der Waals surface area contributed by atoms with E-state index in [-0.39, 0.29) is 0 Å². The zero-order valence-electron chi connectivity index (χ0n) is 9.29. The smallest absolute Gasteiger partial charge is 0.478 e. The topological polar surface area (TPSA) is 77.8 Å². The van der Waals surface area contributed by atoms with Gasteiger partial charge in [0.25, 0.3) is 0 Å². The highest BCUT2D eigenvalue weighted by Crippen LogP contribution is 1.99. The summed E-state index contributed by atoms with van der Waals surface area (Å²) >= 11 is 0. The van der Waals surface area contributed by atoms with Gasteiger partial charge in [-0.3, -0.25) is 0 Å². The largest absolute Gasteiger partial charge is 0.488 e. The summed E-state index contributed by atoms with van der Waals surface area (Å²) in [6.45, 7) is 4.00. The SMILES string of the molecule is CC.O=C(O)C=Cc1cccc(B(O)O)c1. The molecule has 1 aromatic carbocycles. The highest BCUT2D eigenvalue weighted by molar-refractivity contribution is 6.58. The van der Waals surface area contributed by atoms with Gasteiger partial charge in [-0.2, -0.15) is 0 Å². The summed E-state index contributed by atoms with van der Waals surface area (Å²) in [5.74, 6) is -1.04. The lowest BCUT2D eigenvalue weighted by atomic mass is 9.79. The summed E-state index contributed by atoms with van der Waals surface area (Å²) in [4.78, 5) is 10.2. The molecule has 0 aliphatic rings. The van der Waals surface area contributed by atoms with Gasteiger partial charge in [0.05, 0.1) is 0 Å². The molecule has 0 heterocycles. The predicted molar refractivity (Wildman–Crippen MR) is 64.3 cm³/mol. The summed E-state index contributed by atoms with van der Waals surface area (Å²) in [7, 11) is -1.53. The van der Waals surface area contributed by atoms with Crippen LogP contribution in [0.4, 0.5) is 0 Å². The zero-order valence-corrected chi connectivity index (χ0v) is 9.29. The normalized spacial score (nSPS) is 9.50. The van der Waals surface area contributed by atoms with Crippen molar-refractivity contribution in [2.45, 2.75) is 13.8 Å². The molecular weight excluding hydrogens is 207 g/mol. The van der Waals surface area contributed by atoms with E-state index in [0.717, 1.165) is 6.08 Å². The maximum atomic E-state index is 10.2. The van der Waals surface area contributed by atoms with Crippen LogP contribution < -0.4 is 5.46 Å². The predicted octanol–water partition coefficient (Wildman–Crippen LogP) is 0.490. The molecule has 0 amide bonds. The minimum absolute atomic E-state index is 0.331. The summed E-state index contributed by atoms with van der Waals surface area (Å²) in [5, 5.41) is 26.0. The summed E-state index contributed by atoms with van der Waals surface area (Å²) in [6, 6.07) is 6.34. The summed E-state index contributed by atoms with van der Waals surface area (Å²) in [5.41, 5.74) is 0.940. The molecule has 0 atom stereocenters. The first kappa shape index (κ1) is 14.4. The van der Waals surface area contributed by atoms with Crippen LogP contribution in [0.5, 0.6) is 0 Å². The van der Waals surface area contributed by atoms with Crippen molar-refractivity contribution >= 4 is 24.6 Å². The van der Waals surface area contributed by atoms with Crippen LogP contribution >= 0.6 is 0 Å². The Hall–Kier alpha value is -1.59. The number of aliphatic carboxylic acids is 1. The van der Waals surface area contributed by atoms with E-state index in [2.05, 4.69) is 0 Å². The highest BCUT2D eigenvalue weighted by Gasteiger charge is 2.09. The van der Waals surface area contributed by atoms with Crippen molar-refractivity contribution in [1.29, 1.82) is 0 Å². The third-order valence-electron chi connectivity index (χ3n) is 1.63. The van der Waals surface area contributed by atoms with E-state index in [1.165, 1.54) is 12.1 Å². The van der Waals surface area contributed by atoms with Gasteiger partial charge in [-0.25, -0.2) is 4.79 Å². The number of hydrogen-bond acceptors (Lipinski definition) is 3.